The molecule has 0 aliphatic carbocycles. The maximum Gasteiger partial charge on any atom is 0.294 e. The number of ether oxygens (including phenoxy) is 1. The van der Waals surface area contributed by atoms with Crippen molar-refractivity contribution >= 4 is 39.8 Å². The number of aryl methyl sites for hydroxylation is 1. The summed E-state index contributed by atoms with van der Waals surface area (Å²) in [4.78, 5) is 40.7. The maximum atomic E-state index is 13.9. The molecule has 1 aliphatic rings. The van der Waals surface area contributed by atoms with Gasteiger partial charge in [-0.05, 0) is 30.8 Å². The minimum Gasteiger partial charge on any atom is -0.494 e. The fourth-order valence-corrected chi connectivity index (χ4v) is 5.87. The van der Waals surface area contributed by atoms with Gasteiger partial charge < -0.3 is 29.3 Å². The van der Waals surface area contributed by atoms with E-state index in [0.717, 1.165) is 35.1 Å². The Morgan fingerprint density at radius 2 is 1.81 bits per heavy atom. The summed E-state index contributed by atoms with van der Waals surface area (Å²) in [5.74, 6) is -0.161. The van der Waals surface area contributed by atoms with E-state index in [1.54, 1.807) is 25.2 Å². The summed E-state index contributed by atoms with van der Waals surface area (Å²) in [7, 11) is 7.10. The third-order valence-corrected chi connectivity index (χ3v) is 8.43. The summed E-state index contributed by atoms with van der Waals surface area (Å²) in [6.07, 6.45) is 3.36. The van der Waals surface area contributed by atoms with Gasteiger partial charge in [0.05, 0.1) is 29.0 Å². The van der Waals surface area contributed by atoms with Crippen LogP contribution in [0.4, 0.5) is 27.4 Å². The lowest BCUT2D eigenvalue weighted by atomic mass is 10.0. The molecule has 0 radical (unpaired) electrons. The number of aromatic nitrogens is 3. The first-order valence-corrected chi connectivity index (χ1v) is 15.1. The van der Waals surface area contributed by atoms with Gasteiger partial charge in [0, 0.05) is 87.8 Å². The Morgan fingerprint density at radius 1 is 1.09 bits per heavy atom. The summed E-state index contributed by atoms with van der Waals surface area (Å²) in [5.41, 5.74) is 3.81. The highest BCUT2D eigenvalue weighted by molar-refractivity contribution is 6.04. The lowest BCUT2D eigenvalue weighted by Gasteiger charge is -2.34. The molecule has 2 aromatic heterocycles. The number of halogens is 1. The average Bonchev–Trinajstić information content (AvgIpc) is 3.41. The van der Waals surface area contributed by atoms with Gasteiger partial charge in [0.15, 0.2) is 0 Å². The molecule has 1 fully saturated rings. The molecule has 1 aliphatic heterocycles. The molecule has 3 aromatic carbocycles. The lowest BCUT2D eigenvalue weighted by molar-refractivity contribution is -0.384. The molecular formula is C34H35FN8O4. The van der Waals surface area contributed by atoms with Crippen molar-refractivity contribution < 1.29 is 18.8 Å². The van der Waals surface area contributed by atoms with Crippen LogP contribution in [0.3, 0.4) is 0 Å². The molecule has 3 heterocycles. The molecule has 1 amide bonds. The van der Waals surface area contributed by atoms with E-state index >= 15 is 0 Å². The fraction of sp³-hybridized carbons (Fsp3) is 0.265. The fourth-order valence-electron chi connectivity index (χ4n) is 5.87. The van der Waals surface area contributed by atoms with Crippen molar-refractivity contribution in [3.8, 4) is 17.0 Å². The molecule has 242 valence electrons. The number of carbonyl (C=O) groups is 1. The van der Waals surface area contributed by atoms with E-state index in [1.165, 1.54) is 36.4 Å². The van der Waals surface area contributed by atoms with Crippen molar-refractivity contribution in [3.05, 3.63) is 100 Å². The van der Waals surface area contributed by atoms with Crippen molar-refractivity contribution in [2.45, 2.75) is 6.54 Å². The summed E-state index contributed by atoms with van der Waals surface area (Å²) < 4.78 is 21.1. The minimum absolute atomic E-state index is 0.0682. The molecule has 5 aromatic rings. The molecule has 0 saturated carbocycles. The van der Waals surface area contributed by atoms with E-state index in [-0.39, 0.29) is 35.5 Å². The Kier molecular flexibility index (Phi) is 8.72. The number of fused-ring (bicyclic) bond motifs is 1. The van der Waals surface area contributed by atoms with Gasteiger partial charge in [0.1, 0.15) is 17.3 Å². The smallest absolute Gasteiger partial charge is 0.294 e. The zero-order valence-electron chi connectivity index (χ0n) is 26.6. The Labute approximate surface area is 271 Å². The largest absolute Gasteiger partial charge is 0.494 e. The van der Waals surface area contributed by atoms with Crippen LogP contribution in [0.15, 0.2) is 73.1 Å². The van der Waals surface area contributed by atoms with Gasteiger partial charge in [-0.3, -0.25) is 14.9 Å². The number of nitro groups is 1. The van der Waals surface area contributed by atoms with E-state index in [4.69, 9.17) is 9.72 Å². The van der Waals surface area contributed by atoms with Crippen molar-refractivity contribution in [2.24, 2.45) is 7.05 Å². The van der Waals surface area contributed by atoms with Gasteiger partial charge in [-0.15, -0.1) is 0 Å². The van der Waals surface area contributed by atoms with E-state index < -0.39 is 4.92 Å². The molecular weight excluding hydrogens is 603 g/mol. The topological polar surface area (TPSA) is 122 Å². The zero-order valence-corrected chi connectivity index (χ0v) is 26.6. The van der Waals surface area contributed by atoms with Crippen LogP contribution >= 0.6 is 0 Å². The number of anilines is 3. The van der Waals surface area contributed by atoms with Gasteiger partial charge >= 0.3 is 0 Å². The third-order valence-electron chi connectivity index (χ3n) is 8.43. The second-order valence-electron chi connectivity index (χ2n) is 11.6. The van der Waals surface area contributed by atoms with Crippen molar-refractivity contribution in [1.29, 1.82) is 0 Å². The average molecular weight is 639 g/mol. The monoisotopic (exact) mass is 638 g/mol. The standard InChI is InChI=1S/C34H35FN8O4/c1-39-13-15-42(16-14-39)29-18-31(47-4)27(17-30(29)43(45)46)37-34-36-19-25(33(44)41(3)20-22-9-11-23(35)12-10-22)32(38-34)26-21-40(2)28-8-6-5-7-24(26)28/h5-12,17-19,21H,13-16,20H2,1-4H3,(H,36,37,38). The molecule has 0 spiro atoms. The van der Waals surface area contributed by atoms with Crippen LogP contribution in [0.25, 0.3) is 22.2 Å². The predicted molar refractivity (Wildman–Crippen MR) is 179 cm³/mol. The minimum atomic E-state index is -0.403. The third kappa shape index (κ3) is 6.42. The summed E-state index contributed by atoms with van der Waals surface area (Å²) in [6, 6.07) is 16.9. The van der Waals surface area contributed by atoms with Crippen LogP contribution in [0.2, 0.25) is 0 Å². The Balaban J connectivity index is 1.40. The number of carbonyl (C=O) groups excluding carboxylic acids is 1. The molecule has 0 atom stereocenters. The first-order chi connectivity index (χ1) is 22.6. The van der Waals surface area contributed by atoms with Gasteiger partial charge in [-0.1, -0.05) is 30.3 Å². The van der Waals surface area contributed by atoms with Crippen LogP contribution in [0.1, 0.15) is 15.9 Å². The second kappa shape index (κ2) is 13.0. The van der Waals surface area contributed by atoms with Gasteiger partial charge in [-0.2, -0.15) is 0 Å². The van der Waals surface area contributed by atoms with Crippen LogP contribution in [-0.2, 0) is 13.6 Å². The van der Waals surface area contributed by atoms with Crippen LogP contribution in [-0.4, -0.2) is 82.5 Å². The highest BCUT2D eigenvalue weighted by Gasteiger charge is 2.27. The molecule has 0 unspecified atom stereocenters. The molecule has 47 heavy (non-hydrogen) atoms. The first kappa shape index (κ1) is 31.4. The molecule has 6 rings (SSSR count). The van der Waals surface area contributed by atoms with Crippen LogP contribution < -0.4 is 15.0 Å². The Bertz CT molecular complexity index is 1950. The van der Waals surface area contributed by atoms with Crippen molar-refractivity contribution in [2.75, 3.05) is 57.6 Å². The highest BCUT2D eigenvalue weighted by Crippen LogP contribution is 2.40. The Morgan fingerprint density at radius 3 is 2.51 bits per heavy atom. The molecule has 12 nitrogen and oxygen atoms in total. The van der Waals surface area contributed by atoms with Crippen molar-refractivity contribution in [1.82, 2.24) is 24.3 Å². The summed E-state index contributed by atoms with van der Waals surface area (Å²) in [5, 5.41) is 16.2. The lowest BCUT2D eigenvalue weighted by Crippen LogP contribution is -2.44. The molecule has 0 bridgehead atoms. The number of methoxy groups -OCH3 is 1. The van der Waals surface area contributed by atoms with Crippen molar-refractivity contribution in [3.63, 3.8) is 0 Å². The SMILES string of the molecule is COc1cc(N2CCN(C)CC2)c([N+](=O)[O-])cc1Nc1ncc(C(=O)N(C)Cc2ccc(F)cc2)c(-c2cn(C)c3ccccc23)n1. The molecule has 1 saturated heterocycles. The van der Waals surface area contributed by atoms with E-state index in [0.29, 0.717) is 35.9 Å². The number of amides is 1. The number of piperazine rings is 1. The number of benzene rings is 3. The van der Waals surface area contributed by atoms with Gasteiger partial charge in [0.25, 0.3) is 11.6 Å². The van der Waals surface area contributed by atoms with Gasteiger partial charge in [-0.25, -0.2) is 14.4 Å². The second-order valence-corrected chi connectivity index (χ2v) is 11.6. The van der Waals surface area contributed by atoms with E-state index in [9.17, 15) is 19.3 Å². The number of likely N-dealkylation sites (N-methyl/N-ethyl adjacent to an activating group) is 1. The number of rotatable bonds is 9. The molecule has 13 heteroatoms. The highest BCUT2D eigenvalue weighted by atomic mass is 19.1. The Hall–Kier alpha value is -5.56. The number of nitro benzene ring substituents is 1. The number of hydrogen-bond donors (Lipinski definition) is 1. The number of nitrogens with zero attached hydrogens (tertiary/aromatic N) is 7. The first-order valence-electron chi connectivity index (χ1n) is 15.1. The summed E-state index contributed by atoms with van der Waals surface area (Å²) in [6.45, 7) is 3.11. The number of nitrogens with one attached hydrogen (secondary N) is 1. The van der Waals surface area contributed by atoms with Gasteiger partial charge in [0.2, 0.25) is 5.95 Å². The normalized spacial score (nSPS) is 13.5. The number of para-hydroxylation sites is 1. The predicted octanol–water partition coefficient (Wildman–Crippen LogP) is 5.46. The summed E-state index contributed by atoms with van der Waals surface area (Å²) >= 11 is 0. The van der Waals surface area contributed by atoms with E-state index in [2.05, 4.69) is 15.2 Å². The van der Waals surface area contributed by atoms with Crippen LogP contribution in [0, 0.1) is 15.9 Å². The quantitative estimate of drug-likeness (QED) is 0.166. The zero-order chi connectivity index (χ0) is 33.2. The molecule has 1 N–H and O–H groups in total. The van der Waals surface area contributed by atoms with Crippen LogP contribution in [0.5, 0.6) is 5.75 Å². The number of hydrogen-bond acceptors (Lipinski definition) is 9. The van der Waals surface area contributed by atoms with E-state index in [1.807, 2.05) is 54.0 Å². The maximum absolute atomic E-state index is 13.9.